The van der Waals surface area contributed by atoms with Gasteiger partial charge >= 0.3 is 11.8 Å². The molecule has 1 amide bonds. The highest BCUT2D eigenvalue weighted by Gasteiger charge is 2.16. The van der Waals surface area contributed by atoms with Gasteiger partial charge in [-0.05, 0) is 41.7 Å². The summed E-state index contributed by atoms with van der Waals surface area (Å²) < 4.78 is 0. The second-order valence-corrected chi connectivity index (χ2v) is 4.30. The standard InChI is InChI=1S/C13H11N3O5/c1-7-6-8(2-3-9(7)13(18)19)14-12(17)10-4-5-11(15-10)16(20)21/h2-6,15H,1H3,(H,14,17)(H,18,19). The molecule has 2 aromatic rings. The van der Waals surface area contributed by atoms with Gasteiger partial charge in [0.05, 0.1) is 5.56 Å². The van der Waals surface area contributed by atoms with Crippen LogP contribution in [-0.2, 0) is 0 Å². The highest BCUT2D eigenvalue weighted by atomic mass is 16.6. The van der Waals surface area contributed by atoms with E-state index in [-0.39, 0.29) is 17.1 Å². The second-order valence-electron chi connectivity index (χ2n) is 4.30. The van der Waals surface area contributed by atoms with E-state index in [9.17, 15) is 19.7 Å². The van der Waals surface area contributed by atoms with Crippen molar-refractivity contribution in [1.29, 1.82) is 0 Å². The Morgan fingerprint density at radius 3 is 2.52 bits per heavy atom. The van der Waals surface area contributed by atoms with Gasteiger partial charge in [-0.25, -0.2) is 9.78 Å². The molecule has 8 nitrogen and oxygen atoms in total. The van der Waals surface area contributed by atoms with Crippen molar-refractivity contribution in [3.63, 3.8) is 0 Å². The number of aromatic amines is 1. The molecule has 0 saturated carbocycles. The number of carboxylic acids is 1. The molecule has 0 saturated heterocycles. The average molecular weight is 289 g/mol. The van der Waals surface area contributed by atoms with Crippen LogP contribution in [0.1, 0.15) is 26.4 Å². The van der Waals surface area contributed by atoms with Crippen molar-refractivity contribution >= 4 is 23.4 Å². The molecule has 0 spiro atoms. The van der Waals surface area contributed by atoms with Crippen LogP contribution in [0, 0.1) is 17.0 Å². The lowest BCUT2D eigenvalue weighted by Crippen LogP contribution is -2.13. The van der Waals surface area contributed by atoms with Gasteiger partial charge in [0.1, 0.15) is 0 Å². The Bertz CT molecular complexity index is 735. The van der Waals surface area contributed by atoms with Crippen molar-refractivity contribution in [2.24, 2.45) is 0 Å². The van der Waals surface area contributed by atoms with Gasteiger partial charge in [-0.2, -0.15) is 0 Å². The molecule has 0 aliphatic carbocycles. The Hall–Kier alpha value is -3.16. The van der Waals surface area contributed by atoms with Crippen LogP contribution in [-0.4, -0.2) is 26.9 Å². The Morgan fingerprint density at radius 2 is 2.00 bits per heavy atom. The van der Waals surface area contributed by atoms with Gasteiger partial charge in [0.15, 0.2) is 5.69 Å². The molecule has 0 aliphatic heterocycles. The topological polar surface area (TPSA) is 125 Å². The summed E-state index contributed by atoms with van der Waals surface area (Å²) in [5, 5.41) is 22.0. The first-order chi connectivity index (χ1) is 9.88. The molecule has 8 heteroatoms. The predicted molar refractivity (Wildman–Crippen MR) is 73.5 cm³/mol. The van der Waals surface area contributed by atoms with Crippen molar-refractivity contribution in [2.75, 3.05) is 5.32 Å². The monoisotopic (exact) mass is 289 g/mol. The number of H-pyrrole nitrogens is 1. The third-order valence-electron chi connectivity index (χ3n) is 2.83. The number of carbonyl (C=O) groups is 2. The zero-order valence-corrected chi connectivity index (χ0v) is 10.9. The van der Waals surface area contributed by atoms with Crippen LogP contribution in [0.4, 0.5) is 11.5 Å². The van der Waals surface area contributed by atoms with Crippen LogP contribution in [0.2, 0.25) is 0 Å². The number of hydrogen-bond acceptors (Lipinski definition) is 4. The molecule has 3 N–H and O–H groups in total. The van der Waals surface area contributed by atoms with Crippen LogP contribution < -0.4 is 5.32 Å². The number of anilines is 1. The maximum absolute atomic E-state index is 11.9. The number of aromatic nitrogens is 1. The molecule has 108 valence electrons. The summed E-state index contributed by atoms with van der Waals surface area (Å²) in [4.78, 5) is 35.0. The summed E-state index contributed by atoms with van der Waals surface area (Å²) in [5.41, 5.74) is 1.09. The molecule has 0 bridgehead atoms. The Labute approximate surface area is 118 Å². The summed E-state index contributed by atoms with van der Waals surface area (Å²) in [7, 11) is 0. The number of benzene rings is 1. The molecular weight excluding hydrogens is 278 g/mol. The van der Waals surface area contributed by atoms with E-state index >= 15 is 0 Å². The lowest BCUT2D eigenvalue weighted by Gasteiger charge is -2.06. The molecule has 21 heavy (non-hydrogen) atoms. The predicted octanol–water partition coefficient (Wildman–Crippen LogP) is 2.18. The van der Waals surface area contributed by atoms with E-state index in [4.69, 9.17) is 5.11 Å². The lowest BCUT2D eigenvalue weighted by molar-refractivity contribution is -0.389. The summed E-state index contributed by atoms with van der Waals surface area (Å²) >= 11 is 0. The lowest BCUT2D eigenvalue weighted by atomic mass is 10.1. The number of aromatic carboxylic acids is 1. The van der Waals surface area contributed by atoms with Gasteiger partial charge in [-0.1, -0.05) is 0 Å². The number of aryl methyl sites for hydroxylation is 1. The molecule has 1 heterocycles. The minimum Gasteiger partial charge on any atom is -0.478 e. The van der Waals surface area contributed by atoms with Gasteiger partial charge < -0.3 is 20.5 Å². The Kier molecular flexibility index (Phi) is 3.70. The van der Waals surface area contributed by atoms with E-state index < -0.39 is 16.8 Å². The zero-order valence-electron chi connectivity index (χ0n) is 10.9. The normalized spacial score (nSPS) is 10.1. The number of nitrogens with one attached hydrogen (secondary N) is 2. The quantitative estimate of drug-likeness (QED) is 0.587. The minimum atomic E-state index is -1.05. The van der Waals surface area contributed by atoms with Crippen molar-refractivity contribution in [3.8, 4) is 0 Å². The van der Waals surface area contributed by atoms with Crippen LogP contribution in [0.25, 0.3) is 0 Å². The molecule has 2 rings (SSSR count). The summed E-state index contributed by atoms with van der Waals surface area (Å²) in [5.74, 6) is -1.88. The van der Waals surface area contributed by atoms with E-state index in [2.05, 4.69) is 10.3 Å². The summed E-state index contributed by atoms with van der Waals surface area (Å²) in [6.07, 6.45) is 0. The molecule has 1 aromatic carbocycles. The van der Waals surface area contributed by atoms with Gasteiger partial charge in [-0.3, -0.25) is 4.79 Å². The van der Waals surface area contributed by atoms with E-state index in [1.165, 1.54) is 30.3 Å². The number of carboxylic acid groups (broad SMARTS) is 1. The van der Waals surface area contributed by atoms with E-state index in [0.717, 1.165) is 0 Å². The zero-order chi connectivity index (χ0) is 15.6. The van der Waals surface area contributed by atoms with Crippen molar-refractivity contribution < 1.29 is 19.6 Å². The van der Waals surface area contributed by atoms with Crippen LogP contribution >= 0.6 is 0 Å². The first-order valence-electron chi connectivity index (χ1n) is 5.87. The van der Waals surface area contributed by atoms with Gasteiger partial charge in [-0.15, -0.1) is 0 Å². The number of nitrogens with zero attached hydrogens (tertiary/aromatic N) is 1. The van der Waals surface area contributed by atoms with Crippen molar-refractivity contribution in [1.82, 2.24) is 4.98 Å². The molecule has 0 atom stereocenters. The van der Waals surface area contributed by atoms with E-state index in [1.54, 1.807) is 6.92 Å². The third kappa shape index (κ3) is 3.06. The molecular formula is C13H11N3O5. The Morgan fingerprint density at radius 1 is 1.29 bits per heavy atom. The van der Waals surface area contributed by atoms with Crippen LogP contribution in [0.3, 0.4) is 0 Å². The van der Waals surface area contributed by atoms with Crippen molar-refractivity contribution in [2.45, 2.75) is 6.92 Å². The summed E-state index contributed by atoms with van der Waals surface area (Å²) in [6.45, 7) is 1.61. The Balaban J connectivity index is 2.17. The number of carbonyl (C=O) groups excluding carboxylic acids is 1. The second kappa shape index (κ2) is 5.45. The largest absolute Gasteiger partial charge is 0.478 e. The summed E-state index contributed by atoms with van der Waals surface area (Å²) in [6, 6.07) is 6.83. The minimum absolute atomic E-state index is 0.0432. The molecule has 0 aliphatic rings. The van der Waals surface area contributed by atoms with E-state index in [1.807, 2.05) is 0 Å². The first-order valence-corrected chi connectivity index (χ1v) is 5.87. The van der Waals surface area contributed by atoms with Gasteiger partial charge in [0.2, 0.25) is 0 Å². The smallest absolute Gasteiger partial charge is 0.335 e. The highest BCUT2D eigenvalue weighted by Crippen LogP contribution is 2.17. The number of nitro groups is 1. The van der Waals surface area contributed by atoms with Crippen LogP contribution in [0.15, 0.2) is 30.3 Å². The number of amides is 1. The van der Waals surface area contributed by atoms with Crippen molar-refractivity contribution in [3.05, 3.63) is 57.3 Å². The van der Waals surface area contributed by atoms with Crippen LogP contribution in [0.5, 0.6) is 0 Å². The SMILES string of the molecule is Cc1cc(NC(=O)c2ccc([N+](=O)[O-])[nH]2)ccc1C(=O)O. The average Bonchev–Trinajstić information content (AvgIpc) is 2.88. The molecule has 1 aromatic heterocycles. The first kappa shape index (κ1) is 14.3. The third-order valence-corrected chi connectivity index (χ3v) is 2.83. The maximum atomic E-state index is 11.9. The fraction of sp³-hybridized carbons (Fsp3) is 0.0769. The van der Waals surface area contributed by atoms with Gasteiger partial charge in [0.25, 0.3) is 5.91 Å². The molecule has 0 unspecified atom stereocenters. The number of rotatable bonds is 4. The molecule has 0 fully saturated rings. The van der Waals surface area contributed by atoms with E-state index in [0.29, 0.717) is 11.3 Å². The fourth-order valence-electron chi connectivity index (χ4n) is 1.80. The highest BCUT2D eigenvalue weighted by molar-refractivity contribution is 6.03. The maximum Gasteiger partial charge on any atom is 0.335 e. The fourth-order valence-corrected chi connectivity index (χ4v) is 1.80. The van der Waals surface area contributed by atoms with Gasteiger partial charge in [0, 0.05) is 11.8 Å². The number of hydrogen-bond donors (Lipinski definition) is 3. The molecule has 0 radical (unpaired) electrons.